The smallest absolute Gasteiger partial charge is 0.168 e. The number of rotatable bonds is 4. The molecular formula is C17H20FNO2. The van der Waals surface area contributed by atoms with Crippen molar-refractivity contribution in [1.82, 2.24) is 0 Å². The molecule has 2 N–H and O–H groups in total. The normalized spacial score (nSPS) is 19.0. The molecule has 0 bridgehead atoms. The number of benzene rings is 1. The molecule has 1 aromatic carbocycles. The summed E-state index contributed by atoms with van der Waals surface area (Å²) in [5.41, 5.74) is 1.24. The molecule has 4 heteroatoms. The maximum atomic E-state index is 12.9. The highest BCUT2D eigenvalue weighted by atomic mass is 19.1. The highest BCUT2D eigenvalue weighted by Crippen LogP contribution is 2.33. The summed E-state index contributed by atoms with van der Waals surface area (Å²) in [7, 11) is 0. The fraction of sp³-hybridized carbons (Fsp3) is 0.353. The minimum atomic E-state index is -0.332. The second kappa shape index (κ2) is 6.12. The fourth-order valence-corrected chi connectivity index (χ4v) is 2.51. The third-order valence-electron chi connectivity index (χ3n) is 3.85. The third-order valence-corrected chi connectivity index (χ3v) is 3.85. The molecule has 112 valence electrons. The number of hydrogen-bond acceptors (Lipinski definition) is 3. The predicted octanol–water partition coefficient (Wildman–Crippen LogP) is 4.20. The topological polar surface area (TPSA) is 49.3 Å². The van der Waals surface area contributed by atoms with Crippen LogP contribution < -0.4 is 5.32 Å². The van der Waals surface area contributed by atoms with Gasteiger partial charge in [0.25, 0.3) is 0 Å². The summed E-state index contributed by atoms with van der Waals surface area (Å²) in [5.74, 6) is 0.166. The van der Waals surface area contributed by atoms with Crippen molar-refractivity contribution in [3.8, 4) is 0 Å². The molecule has 0 saturated carbocycles. The van der Waals surface area contributed by atoms with Gasteiger partial charge in [0.15, 0.2) is 5.78 Å². The van der Waals surface area contributed by atoms with Crippen molar-refractivity contribution in [3.63, 3.8) is 0 Å². The second-order valence-electron chi connectivity index (χ2n) is 5.77. The molecule has 1 aliphatic rings. The number of aliphatic hydroxyl groups excluding tert-OH is 1. The van der Waals surface area contributed by atoms with Gasteiger partial charge < -0.3 is 10.4 Å². The molecule has 1 aliphatic carbocycles. The van der Waals surface area contributed by atoms with E-state index in [4.69, 9.17) is 0 Å². The van der Waals surface area contributed by atoms with Gasteiger partial charge in [-0.1, -0.05) is 20.4 Å². The molecule has 3 nitrogen and oxygen atoms in total. The fourth-order valence-electron chi connectivity index (χ4n) is 2.51. The molecule has 0 amide bonds. The maximum Gasteiger partial charge on any atom is 0.168 e. The molecular weight excluding hydrogens is 269 g/mol. The summed E-state index contributed by atoms with van der Waals surface area (Å²) < 4.78 is 12.9. The Hall–Kier alpha value is -2.10. The van der Waals surface area contributed by atoms with E-state index in [9.17, 15) is 14.3 Å². The molecule has 0 fully saturated rings. The summed E-state index contributed by atoms with van der Waals surface area (Å²) in [6.07, 6.45) is 0.907. The van der Waals surface area contributed by atoms with Crippen LogP contribution in [0.2, 0.25) is 0 Å². The number of carbonyl (C=O) groups excluding carboxylic acids is 1. The number of hydrogen-bond donors (Lipinski definition) is 2. The number of allylic oxidation sites excluding steroid dienone is 2. The predicted molar refractivity (Wildman–Crippen MR) is 81.4 cm³/mol. The lowest BCUT2D eigenvalue weighted by atomic mass is 9.80. The van der Waals surface area contributed by atoms with E-state index in [1.807, 2.05) is 13.8 Å². The minimum absolute atomic E-state index is 0.0876. The van der Waals surface area contributed by atoms with E-state index in [-0.39, 0.29) is 28.9 Å². The number of carbonyl (C=O) groups is 1. The van der Waals surface area contributed by atoms with Crippen LogP contribution in [-0.2, 0) is 4.79 Å². The van der Waals surface area contributed by atoms with E-state index in [1.54, 1.807) is 12.1 Å². The summed E-state index contributed by atoms with van der Waals surface area (Å²) in [5, 5.41) is 13.1. The molecule has 0 radical (unpaired) electrons. The quantitative estimate of drug-likeness (QED) is 0.873. The van der Waals surface area contributed by atoms with Crippen molar-refractivity contribution in [3.05, 3.63) is 53.7 Å². The Balaban J connectivity index is 2.16. The lowest BCUT2D eigenvalue weighted by molar-refractivity contribution is -0.117. The van der Waals surface area contributed by atoms with Gasteiger partial charge in [-0.05, 0) is 36.1 Å². The average Bonchev–Trinajstić information content (AvgIpc) is 2.40. The Morgan fingerprint density at radius 2 is 1.95 bits per heavy atom. The molecule has 1 atom stereocenters. The number of aliphatic hydroxyl groups is 1. The largest absolute Gasteiger partial charge is 0.511 e. The lowest BCUT2D eigenvalue weighted by Crippen LogP contribution is -2.25. The Labute approximate surface area is 124 Å². The van der Waals surface area contributed by atoms with Crippen molar-refractivity contribution in [2.24, 2.45) is 11.8 Å². The van der Waals surface area contributed by atoms with E-state index in [0.29, 0.717) is 30.1 Å². The van der Waals surface area contributed by atoms with Gasteiger partial charge in [0, 0.05) is 24.2 Å². The van der Waals surface area contributed by atoms with E-state index >= 15 is 0 Å². The van der Waals surface area contributed by atoms with Crippen molar-refractivity contribution in [2.45, 2.75) is 26.7 Å². The Morgan fingerprint density at radius 3 is 2.48 bits per heavy atom. The molecule has 0 spiro atoms. The Kier molecular flexibility index (Phi) is 4.46. The van der Waals surface area contributed by atoms with Gasteiger partial charge in [0.2, 0.25) is 0 Å². The standard InChI is InChI=1S/C17H20FNO2/c1-10(2)12-8-15(20)17(16(21)9-12)11(3)19-14-6-4-13(18)5-7-14/h4-7,10,12,19-20H,3,8-9H2,1-2H3. The minimum Gasteiger partial charge on any atom is -0.511 e. The summed E-state index contributed by atoms with van der Waals surface area (Å²) in [4.78, 5) is 12.2. The van der Waals surface area contributed by atoms with Gasteiger partial charge >= 0.3 is 0 Å². The summed E-state index contributed by atoms with van der Waals surface area (Å²) in [6.45, 7) is 7.91. The molecule has 0 aliphatic heterocycles. The molecule has 21 heavy (non-hydrogen) atoms. The molecule has 2 rings (SSSR count). The maximum absolute atomic E-state index is 12.9. The van der Waals surface area contributed by atoms with Gasteiger partial charge in [-0.25, -0.2) is 4.39 Å². The van der Waals surface area contributed by atoms with Crippen molar-refractivity contribution < 1.29 is 14.3 Å². The van der Waals surface area contributed by atoms with Gasteiger partial charge in [0.05, 0.1) is 5.57 Å². The average molecular weight is 289 g/mol. The van der Waals surface area contributed by atoms with Crippen LogP contribution in [0.3, 0.4) is 0 Å². The summed E-state index contributed by atoms with van der Waals surface area (Å²) >= 11 is 0. The first-order chi connectivity index (χ1) is 9.88. The third kappa shape index (κ3) is 3.51. The first-order valence-electron chi connectivity index (χ1n) is 7.05. The van der Waals surface area contributed by atoms with Crippen LogP contribution >= 0.6 is 0 Å². The molecule has 0 heterocycles. The first-order valence-corrected chi connectivity index (χ1v) is 7.05. The zero-order valence-electron chi connectivity index (χ0n) is 12.3. The lowest BCUT2D eigenvalue weighted by Gasteiger charge is -2.27. The van der Waals surface area contributed by atoms with Crippen LogP contribution in [0.15, 0.2) is 47.9 Å². The van der Waals surface area contributed by atoms with Gasteiger partial charge in [-0.2, -0.15) is 0 Å². The number of halogens is 1. The van der Waals surface area contributed by atoms with Gasteiger partial charge in [-0.3, -0.25) is 4.79 Å². The second-order valence-corrected chi connectivity index (χ2v) is 5.77. The monoisotopic (exact) mass is 289 g/mol. The van der Waals surface area contributed by atoms with Crippen LogP contribution in [-0.4, -0.2) is 10.9 Å². The van der Waals surface area contributed by atoms with Crippen LogP contribution in [0.1, 0.15) is 26.7 Å². The van der Waals surface area contributed by atoms with Crippen LogP contribution in [0.4, 0.5) is 10.1 Å². The molecule has 1 aromatic rings. The van der Waals surface area contributed by atoms with E-state index < -0.39 is 0 Å². The molecule has 0 saturated heterocycles. The van der Waals surface area contributed by atoms with Crippen LogP contribution in [0, 0.1) is 17.7 Å². The van der Waals surface area contributed by atoms with Crippen LogP contribution in [0.5, 0.6) is 0 Å². The number of anilines is 1. The number of Topliss-reactive ketones (excluding diaryl/α,β-unsaturated/α-hetero) is 1. The SMILES string of the molecule is C=C(Nc1ccc(F)cc1)C1=C(O)CC(C(C)C)CC1=O. The highest BCUT2D eigenvalue weighted by Gasteiger charge is 2.30. The van der Waals surface area contributed by atoms with Gasteiger partial charge in [0.1, 0.15) is 11.6 Å². The van der Waals surface area contributed by atoms with Crippen molar-refractivity contribution in [1.29, 1.82) is 0 Å². The van der Waals surface area contributed by atoms with Crippen molar-refractivity contribution >= 4 is 11.5 Å². The van der Waals surface area contributed by atoms with Crippen LogP contribution in [0.25, 0.3) is 0 Å². The highest BCUT2D eigenvalue weighted by molar-refractivity contribution is 6.01. The number of ketones is 1. The van der Waals surface area contributed by atoms with Gasteiger partial charge in [-0.15, -0.1) is 0 Å². The Morgan fingerprint density at radius 1 is 1.33 bits per heavy atom. The van der Waals surface area contributed by atoms with Crippen molar-refractivity contribution in [2.75, 3.05) is 5.32 Å². The summed E-state index contributed by atoms with van der Waals surface area (Å²) in [6, 6.07) is 5.76. The van der Waals surface area contributed by atoms with E-state index in [0.717, 1.165) is 0 Å². The molecule has 1 unspecified atom stereocenters. The Bertz CT molecular complexity index is 587. The number of nitrogens with one attached hydrogen (secondary N) is 1. The zero-order valence-corrected chi connectivity index (χ0v) is 12.3. The van der Waals surface area contributed by atoms with E-state index in [2.05, 4.69) is 11.9 Å². The van der Waals surface area contributed by atoms with E-state index in [1.165, 1.54) is 12.1 Å². The zero-order chi connectivity index (χ0) is 15.6. The first kappa shape index (κ1) is 15.3. The molecule has 0 aromatic heterocycles.